The second-order valence-electron chi connectivity index (χ2n) is 8.30. The van der Waals surface area contributed by atoms with Gasteiger partial charge in [-0.1, -0.05) is 6.92 Å². The van der Waals surface area contributed by atoms with E-state index in [1.54, 1.807) is 6.92 Å². The highest BCUT2D eigenvalue weighted by Crippen LogP contribution is 2.36. The van der Waals surface area contributed by atoms with Crippen LogP contribution in [0.2, 0.25) is 0 Å². The van der Waals surface area contributed by atoms with Gasteiger partial charge in [-0.25, -0.2) is 4.79 Å². The third-order valence-electron chi connectivity index (χ3n) is 6.24. The first-order chi connectivity index (χ1) is 13.9. The molecule has 1 aromatic carbocycles. The molecule has 3 heterocycles. The summed E-state index contributed by atoms with van der Waals surface area (Å²) in [6, 6.07) is 5.24. The molecule has 2 saturated heterocycles. The Morgan fingerprint density at radius 2 is 2.00 bits per heavy atom. The van der Waals surface area contributed by atoms with Crippen LogP contribution >= 0.6 is 0 Å². The maximum absolute atomic E-state index is 13.0. The molecule has 6 nitrogen and oxygen atoms in total. The van der Waals surface area contributed by atoms with E-state index in [2.05, 4.69) is 0 Å². The molecule has 6 heteroatoms. The molecule has 29 heavy (non-hydrogen) atoms. The number of hydrogen-bond acceptors (Lipinski definition) is 5. The monoisotopic (exact) mass is 399 g/mol. The van der Waals surface area contributed by atoms with Gasteiger partial charge < -0.3 is 18.8 Å². The quantitative estimate of drug-likeness (QED) is 0.735. The van der Waals surface area contributed by atoms with Crippen LogP contribution in [0.15, 0.2) is 27.4 Å². The van der Waals surface area contributed by atoms with Gasteiger partial charge in [-0.15, -0.1) is 0 Å². The summed E-state index contributed by atoms with van der Waals surface area (Å²) in [6.07, 6.45) is 4.06. The molecule has 0 N–H and O–H groups in total. The zero-order valence-corrected chi connectivity index (χ0v) is 17.5. The van der Waals surface area contributed by atoms with E-state index in [1.165, 1.54) is 6.07 Å². The molecule has 1 aromatic heterocycles. The Morgan fingerprint density at radius 1 is 1.24 bits per heavy atom. The minimum atomic E-state index is -0.616. The summed E-state index contributed by atoms with van der Waals surface area (Å²) in [5.41, 5.74) is 1.90. The number of rotatable bonds is 4. The molecular formula is C23H29NO5. The fraction of sp³-hybridized carbons (Fsp3) is 0.565. The number of carbonyl (C=O) groups is 1. The van der Waals surface area contributed by atoms with Crippen LogP contribution in [0.1, 0.15) is 50.7 Å². The lowest BCUT2D eigenvalue weighted by molar-refractivity contribution is -0.142. The topological polar surface area (TPSA) is 69.0 Å². The van der Waals surface area contributed by atoms with Crippen LogP contribution < -0.4 is 10.4 Å². The first-order valence-electron chi connectivity index (χ1n) is 10.6. The number of ether oxygens (including phenoxy) is 2. The van der Waals surface area contributed by atoms with E-state index in [9.17, 15) is 9.59 Å². The Kier molecular flexibility index (Phi) is 5.38. The summed E-state index contributed by atoms with van der Waals surface area (Å²) in [5, 5.41) is 0.773. The molecule has 0 aliphatic carbocycles. The molecule has 2 fully saturated rings. The summed E-state index contributed by atoms with van der Waals surface area (Å²) in [4.78, 5) is 26.8. The van der Waals surface area contributed by atoms with Crippen LogP contribution in [-0.4, -0.2) is 42.2 Å². The van der Waals surface area contributed by atoms with Gasteiger partial charge in [-0.2, -0.15) is 0 Å². The lowest BCUT2D eigenvalue weighted by atomic mass is 9.88. The van der Waals surface area contributed by atoms with Crippen LogP contribution in [0.25, 0.3) is 11.0 Å². The Labute approximate surface area is 170 Å². The van der Waals surface area contributed by atoms with E-state index >= 15 is 0 Å². The predicted molar refractivity (Wildman–Crippen MR) is 110 cm³/mol. The van der Waals surface area contributed by atoms with E-state index < -0.39 is 6.10 Å². The highest BCUT2D eigenvalue weighted by atomic mass is 16.5. The molecule has 1 unspecified atom stereocenters. The van der Waals surface area contributed by atoms with Crippen molar-refractivity contribution < 1.29 is 18.7 Å². The van der Waals surface area contributed by atoms with E-state index in [1.807, 2.05) is 30.9 Å². The number of piperidine rings is 1. The van der Waals surface area contributed by atoms with Crippen LogP contribution in [0, 0.1) is 6.92 Å². The van der Waals surface area contributed by atoms with E-state index in [4.69, 9.17) is 13.9 Å². The first kappa shape index (κ1) is 20.0. The molecule has 2 aliphatic rings. The predicted octanol–water partition coefficient (Wildman–Crippen LogP) is 3.60. The second kappa shape index (κ2) is 7.82. The third kappa shape index (κ3) is 3.90. The van der Waals surface area contributed by atoms with Crippen molar-refractivity contribution in [3.63, 3.8) is 0 Å². The number of nitrogens with zero attached hydrogens (tertiary/aromatic N) is 1. The third-order valence-corrected chi connectivity index (χ3v) is 6.24. The van der Waals surface area contributed by atoms with Gasteiger partial charge >= 0.3 is 5.63 Å². The van der Waals surface area contributed by atoms with E-state index in [0.717, 1.165) is 48.8 Å². The number of likely N-dealkylation sites (tertiary alicyclic amines) is 1. The summed E-state index contributed by atoms with van der Waals surface area (Å²) in [7, 11) is 0. The van der Waals surface area contributed by atoms with Crippen LogP contribution in [-0.2, 0) is 16.0 Å². The zero-order valence-electron chi connectivity index (χ0n) is 17.5. The van der Waals surface area contributed by atoms with Gasteiger partial charge in [0.25, 0.3) is 5.91 Å². The Bertz CT molecular complexity index is 963. The molecule has 0 bridgehead atoms. The molecule has 1 amide bonds. The van der Waals surface area contributed by atoms with Gasteiger partial charge in [-0.3, -0.25) is 4.79 Å². The Hall–Kier alpha value is -2.34. The van der Waals surface area contributed by atoms with Crippen molar-refractivity contribution in [3.05, 3.63) is 39.7 Å². The Morgan fingerprint density at radius 3 is 2.66 bits per heavy atom. The van der Waals surface area contributed by atoms with Crippen molar-refractivity contribution in [2.45, 2.75) is 64.6 Å². The minimum absolute atomic E-state index is 0.0112. The van der Waals surface area contributed by atoms with Gasteiger partial charge in [0, 0.05) is 25.8 Å². The van der Waals surface area contributed by atoms with Crippen LogP contribution in [0.5, 0.6) is 5.75 Å². The van der Waals surface area contributed by atoms with Crippen molar-refractivity contribution in [2.24, 2.45) is 0 Å². The number of hydrogen-bond donors (Lipinski definition) is 0. The normalized spacial score (nSPS) is 19.6. The number of carbonyl (C=O) groups excluding carboxylic acids is 1. The van der Waals surface area contributed by atoms with Crippen molar-refractivity contribution in [1.82, 2.24) is 4.90 Å². The van der Waals surface area contributed by atoms with Crippen molar-refractivity contribution >= 4 is 16.9 Å². The summed E-state index contributed by atoms with van der Waals surface area (Å²) >= 11 is 0. The number of aryl methyl sites for hydroxylation is 2. The smallest absolute Gasteiger partial charge is 0.336 e. The van der Waals surface area contributed by atoms with Gasteiger partial charge in [-0.05, 0) is 69.2 Å². The molecule has 2 aromatic rings. The molecular weight excluding hydrogens is 370 g/mol. The lowest BCUT2D eigenvalue weighted by Gasteiger charge is -2.39. The molecule has 1 spiro atoms. The molecule has 0 saturated carbocycles. The fourth-order valence-corrected chi connectivity index (χ4v) is 4.62. The summed E-state index contributed by atoms with van der Waals surface area (Å²) < 4.78 is 17.5. The second-order valence-corrected chi connectivity index (χ2v) is 8.30. The maximum Gasteiger partial charge on any atom is 0.336 e. The van der Waals surface area contributed by atoms with Gasteiger partial charge in [0.1, 0.15) is 11.3 Å². The molecule has 0 radical (unpaired) electrons. The van der Waals surface area contributed by atoms with Crippen LogP contribution in [0.4, 0.5) is 0 Å². The van der Waals surface area contributed by atoms with E-state index in [0.29, 0.717) is 30.8 Å². The fourth-order valence-electron chi connectivity index (χ4n) is 4.62. The molecule has 156 valence electrons. The van der Waals surface area contributed by atoms with Gasteiger partial charge in [0.15, 0.2) is 6.10 Å². The minimum Gasteiger partial charge on any atom is -0.480 e. The molecule has 4 rings (SSSR count). The van der Waals surface area contributed by atoms with E-state index in [-0.39, 0.29) is 17.1 Å². The number of amides is 1. The van der Waals surface area contributed by atoms with Gasteiger partial charge in [0.05, 0.1) is 11.0 Å². The summed E-state index contributed by atoms with van der Waals surface area (Å²) in [6.45, 7) is 7.94. The highest BCUT2D eigenvalue weighted by Gasteiger charge is 2.40. The average Bonchev–Trinajstić information content (AvgIpc) is 3.14. The first-order valence-corrected chi connectivity index (χ1v) is 10.6. The highest BCUT2D eigenvalue weighted by molar-refractivity contribution is 5.88. The maximum atomic E-state index is 13.0. The Balaban J connectivity index is 1.53. The van der Waals surface area contributed by atoms with Gasteiger partial charge in [0.2, 0.25) is 0 Å². The zero-order chi connectivity index (χ0) is 20.6. The lowest BCUT2D eigenvalue weighted by Crippen LogP contribution is -2.49. The summed E-state index contributed by atoms with van der Waals surface area (Å²) in [5.74, 6) is 0.581. The number of benzene rings is 1. The molecule has 2 aliphatic heterocycles. The van der Waals surface area contributed by atoms with Crippen molar-refractivity contribution in [1.29, 1.82) is 0 Å². The average molecular weight is 399 g/mol. The van der Waals surface area contributed by atoms with Crippen LogP contribution in [0.3, 0.4) is 0 Å². The SMILES string of the molecule is CCc1cc(=O)oc2cc(C)cc(OC(C)C(=O)N3CCC4(CCCO4)CC3)c12. The largest absolute Gasteiger partial charge is 0.480 e. The standard InChI is InChI=1S/C23H29NO5/c1-4-17-14-20(25)29-19-13-15(2)12-18(21(17)19)28-16(3)22(26)24-9-7-23(8-10-24)6-5-11-27-23/h12-14,16H,4-11H2,1-3H3. The van der Waals surface area contributed by atoms with Crippen molar-refractivity contribution in [2.75, 3.05) is 19.7 Å². The number of fused-ring (bicyclic) bond motifs is 1. The van der Waals surface area contributed by atoms with Crippen molar-refractivity contribution in [3.8, 4) is 5.75 Å². The molecule has 1 atom stereocenters.